The monoisotopic (exact) mass is 563 g/mol. The van der Waals surface area contributed by atoms with Crippen LogP contribution in [0, 0.1) is 0 Å². The third-order valence-electron chi connectivity index (χ3n) is 7.58. The molecule has 3 N–H and O–H groups in total. The summed E-state index contributed by atoms with van der Waals surface area (Å²) in [4.78, 5) is 6.98. The third kappa shape index (κ3) is 9.81. The number of likely N-dealkylation sites (tertiary alicyclic amines) is 1. The average Bonchev–Trinajstić information content (AvgIpc) is 2.89. The van der Waals surface area contributed by atoms with Crippen molar-refractivity contribution >= 4 is 15.0 Å². The fraction of sp³-hybridized carbons (Fsp3) is 0.581. The van der Waals surface area contributed by atoms with Crippen LogP contribution in [0.4, 0.5) is 8.78 Å². The molecule has 0 amide bonds. The molecule has 2 atom stereocenters. The molecule has 1 aliphatic carbocycles. The summed E-state index contributed by atoms with van der Waals surface area (Å²) in [6.45, 7) is 13.5. The van der Waals surface area contributed by atoms with E-state index in [1.54, 1.807) is 13.1 Å². The largest absolute Gasteiger partial charge is 0.507 e. The molecule has 1 heterocycles. The maximum Gasteiger partial charge on any atom is 0.284 e. The van der Waals surface area contributed by atoms with Gasteiger partial charge in [0.15, 0.2) is 0 Å². The molecule has 3 rings (SSSR count). The molecule has 218 valence electrons. The van der Waals surface area contributed by atoms with E-state index in [0.29, 0.717) is 23.4 Å². The van der Waals surface area contributed by atoms with E-state index >= 15 is 0 Å². The van der Waals surface area contributed by atoms with E-state index in [1.807, 2.05) is 13.8 Å². The van der Waals surface area contributed by atoms with Gasteiger partial charge in [0, 0.05) is 42.5 Å². The van der Waals surface area contributed by atoms with Crippen LogP contribution in [0.5, 0.6) is 5.75 Å². The molecule has 1 aromatic carbocycles. The Morgan fingerprint density at radius 1 is 1.23 bits per heavy atom. The lowest BCUT2D eigenvalue weighted by Crippen LogP contribution is -2.50. The Morgan fingerprint density at radius 3 is 2.41 bits per heavy atom. The first-order valence-corrected chi connectivity index (χ1v) is 14.6. The molecule has 1 saturated heterocycles. The lowest BCUT2D eigenvalue weighted by molar-refractivity contribution is 0.0584. The van der Waals surface area contributed by atoms with Crippen LogP contribution in [0.3, 0.4) is 0 Å². The van der Waals surface area contributed by atoms with Gasteiger partial charge in [-0.1, -0.05) is 33.9 Å². The first-order valence-electron chi connectivity index (χ1n) is 14.1. The van der Waals surface area contributed by atoms with Gasteiger partial charge in [-0.15, -0.1) is 6.58 Å². The van der Waals surface area contributed by atoms with Crippen molar-refractivity contribution in [2.45, 2.75) is 96.5 Å². The maximum absolute atomic E-state index is 13.7. The van der Waals surface area contributed by atoms with Gasteiger partial charge in [0.25, 0.3) is 5.66 Å². The van der Waals surface area contributed by atoms with Crippen molar-refractivity contribution in [3.05, 3.63) is 64.9 Å². The summed E-state index contributed by atoms with van der Waals surface area (Å²) >= 11 is 0. The van der Waals surface area contributed by atoms with Gasteiger partial charge in [0.1, 0.15) is 5.75 Å². The van der Waals surface area contributed by atoms with Crippen molar-refractivity contribution in [3.8, 4) is 5.75 Å². The van der Waals surface area contributed by atoms with E-state index in [0.717, 1.165) is 75.4 Å². The number of nitrogens with zero attached hydrogens (tertiary/aromatic N) is 2. The standard InChI is InChI=1S/C28H42F2N3O2P.C3H6/c1-5-18(2)25(32-21-7-6-14-33(17-21)22-9-11-23(34)12-10-22)15-19(3)27(31-4)24-13-8-20(16-26(24)35)28(29,30)36;1-3-2/h8,13,15-16,21-23,32,34-35H,5-7,9-12,14,17,36H2,1-4H3;3H,1H2,2H3/b19-15-,25-18-,31-27?;. The second-order valence-electron chi connectivity index (χ2n) is 10.7. The number of aromatic hydroxyl groups is 1. The SMILES string of the molecule is C=CC.CC/C(C)=C(/C=C(/C)C(=NC)c1ccc(C(F)(F)P)cc1O)NC1CCCN(C2CCC(O)CC2)C1. The van der Waals surface area contributed by atoms with Gasteiger partial charge in [-0.25, -0.2) is 0 Å². The van der Waals surface area contributed by atoms with Crippen LogP contribution in [0.1, 0.15) is 83.8 Å². The van der Waals surface area contributed by atoms with Gasteiger partial charge >= 0.3 is 0 Å². The fourth-order valence-corrected chi connectivity index (χ4v) is 5.49. The number of halogens is 2. The van der Waals surface area contributed by atoms with Crippen molar-refractivity contribution in [1.82, 2.24) is 10.2 Å². The Balaban J connectivity index is 0.00000170. The van der Waals surface area contributed by atoms with Crippen molar-refractivity contribution in [3.63, 3.8) is 0 Å². The van der Waals surface area contributed by atoms with E-state index < -0.39 is 5.66 Å². The lowest BCUT2D eigenvalue weighted by Gasteiger charge is -2.41. The highest BCUT2D eigenvalue weighted by molar-refractivity contribution is 7.17. The number of benzene rings is 1. The zero-order chi connectivity index (χ0) is 29.2. The topological polar surface area (TPSA) is 68.1 Å². The number of aliphatic imine (C=N–C) groups is 1. The van der Waals surface area contributed by atoms with Gasteiger partial charge in [-0.2, -0.15) is 8.78 Å². The highest BCUT2D eigenvalue weighted by atomic mass is 31.0. The molecule has 0 radical (unpaired) electrons. The highest BCUT2D eigenvalue weighted by Crippen LogP contribution is 2.37. The second-order valence-corrected chi connectivity index (χ2v) is 11.4. The summed E-state index contributed by atoms with van der Waals surface area (Å²) in [7, 11) is 3.15. The lowest BCUT2D eigenvalue weighted by atomic mass is 9.90. The Kier molecular flexibility index (Phi) is 13.3. The molecule has 2 unspecified atom stereocenters. The van der Waals surface area contributed by atoms with E-state index in [1.165, 1.54) is 26.9 Å². The van der Waals surface area contributed by atoms with Gasteiger partial charge in [-0.3, -0.25) is 9.89 Å². The molecular weight excluding hydrogens is 515 g/mol. The van der Waals surface area contributed by atoms with Crippen LogP contribution >= 0.6 is 9.24 Å². The predicted molar refractivity (Wildman–Crippen MR) is 163 cm³/mol. The molecule has 5 nitrogen and oxygen atoms in total. The number of piperidine rings is 1. The zero-order valence-corrected chi connectivity index (χ0v) is 25.5. The van der Waals surface area contributed by atoms with E-state index in [-0.39, 0.29) is 17.4 Å². The summed E-state index contributed by atoms with van der Waals surface area (Å²) in [6, 6.07) is 4.81. The first-order chi connectivity index (χ1) is 18.4. The number of phenols is 1. The molecular formula is C31H48F2N3O2P. The maximum atomic E-state index is 13.7. The quantitative estimate of drug-likeness (QED) is 0.139. The molecule has 1 aliphatic heterocycles. The van der Waals surface area contributed by atoms with Crippen LogP contribution < -0.4 is 5.32 Å². The minimum atomic E-state index is -3.10. The molecule has 0 aromatic heterocycles. The highest BCUT2D eigenvalue weighted by Gasteiger charge is 2.29. The first kappa shape index (κ1) is 33.1. The number of aliphatic hydroxyl groups is 1. The van der Waals surface area contributed by atoms with Crippen LogP contribution in [0.25, 0.3) is 0 Å². The van der Waals surface area contributed by atoms with Crippen LogP contribution in [-0.2, 0) is 5.66 Å². The van der Waals surface area contributed by atoms with Crippen molar-refractivity contribution in [2.75, 3.05) is 20.1 Å². The number of nitrogens with one attached hydrogen (secondary N) is 1. The van der Waals surface area contributed by atoms with E-state index in [4.69, 9.17) is 0 Å². The predicted octanol–water partition coefficient (Wildman–Crippen LogP) is 6.92. The third-order valence-corrected chi connectivity index (χ3v) is 7.91. The van der Waals surface area contributed by atoms with Gasteiger partial charge in [-0.05, 0) is 96.0 Å². The smallest absolute Gasteiger partial charge is 0.284 e. The minimum Gasteiger partial charge on any atom is -0.507 e. The van der Waals surface area contributed by atoms with E-state index in [2.05, 4.69) is 41.7 Å². The summed E-state index contributed by atoms with van der Waals surface area (Å²) in [5, 5.41) is 24.2. The minimum absolute atomic E-state index is 0.141. The number of hydrogen-bond acceptors (Lipinski definition) is 5. The molecule has 2 fully saturated rings. The number of alkyl halides is 2. The number of phenolic OH excluding ortho intramolecular Hbond substituents is 1. The van der Waals surface area contributed by atoms with Crippen molar-refractivity contribution < 1.29 is 19.0 Å². The van der Waals surface area contributed by atoms with E-state index in [9.17, 15) is 19.0 Å². The number of rotatable bonds is 8. The molecule has 1 aromatic rings. The Labute approximate surface area is 236 Å². The van der Waals surface area contributed by atoms with Gasteiger partial charge in [0.2, 0.25) is 0 Å². The molecule has 0 spiro atoms. The molecule has 0 bridgehead atoms. The average molecular weight is 564 g/mol. The number of allylic oxidation sites excluding steroid dienone is 4. The molecule has 1 saturated carbocycles. The Morgan fingerprint density at radius 2 is 1.87 bits per heavy atom. The molecule has 39 heavy (non-hydrogen) atoms. The van der Waals surface area contributed by atoms with Crippen LogP contribution in [-0.4, -0.2) is 59.1 Å². The van der Waals surface area contributed by atoms with Crippen molar-refractivity contribution in [1.29, 1.82) is 0 Å². The second kappa shape index (κ2) is 15.6. The van der Waals surface area contributed by atoms with Gasteiger partial charge in [0.05, 0.1) is 11.8 Å². The van der Waals surface area contributed by atoms with Crippen LogP contribution in [0.2, 0.25) is 0 Å². The summed E-state index contributed by atoms with van der Waals surface area (Å²) < 4.78 is 27.4. The Bertz CT molecular complexity index is 1040. The van der Waals surface area contributed by atoms with Crippen molar-refractivity contribution in [2.24, 2.45) is 4.99 Å². The number of hydrogen-bond donors (Lipinski definition) is 3. The zero-order valence-electron chi connectivity index (χ0n) is 24.3. The van der Waals surface area contributed by atoms with Gasteiger partial charge < -0.3 is 15.5 Å². The summed E-state index contributed by atoms with van der Waals surface area (Å²) in [6.07, 6.45) is 10.7. The number of aliphatic hydroxyl groups excluding tert-OH is 1. The fourth-order valence-electron chi connectivity index (χ4n) is 5.31. The summed E-state index contributed by atoms with van der Waals surface area (Å²) in [5.41, 5.74) is 0.765. The normalized spacial score (nSPS) is 23.9. The Hall–Kier alpha value is -2.08. The molecule has 8 heteroatoms. The molecule has 2 aliphatic rings. The summed E-state index contributed by atoms with van der Waals surface area (Å²) in [5.74, 6) is -0.214. The van der Waals surface area contributed by atoms with Crippen LogP contribution in [0.15, 0.2) is 58.8 Å².